The van der Waals surface area contributed by atoms with Gasteiger partial charge >= 0.3 is 0 Å². The van der Waals surface area contributed by atoms with Crippen LogP contribution in [0.4, 0.5) is 0 Å². The van der Waals surface area contributed by atoms with E-state index in [1.54, 1.807) is 0 Å². The molecule has 0 saturated carbocycles. The highest BCUT2D eigenvalue weighted by atomic mass is 15.0. The van der Waals surface area contributed by atoms with Gasteiger partial charge in [0.15, 0.2) is 5.82 Å². The van der Waals surface area contributed by atoms with E-state index in [0.29, 0.717) is 5.82 Å². The Morgan fingerprint density at radius 3 is 1.10 bits per heavy atom. The van der Waals surface area contributed by atoms with Crippen molar-refractivity contribution in [2.45, 2.75) is 0 Å². The molecule has 0 aliphatic carbocycles. The molecule has 12 aromatic rings. The zero-order valence-electron chi connectivity index (χ0n) is 33.7. The van der Waals surface area contributed by atoms with E-state index in [1.807, 2.05) is 36.4 Å². The fourth-order valence-electron chi connectivity index (χ4n) is 9.14. The van der Waals surface area contributed by atoms with Crippen molar-refractivity contribution in [2.75, 3.05) is 0 Å². The summed E-state index contributed by atoms with van der Waals surface area (Å²) in [6, 6.07) is 82.2. The van der Waals surface area contributed by atoms with E-state index in [1.165, 1.54) is 65.9 Å². The van der Waals surface area contributed by atoms with Gasteiger partial charge in [0.1, 0.15) is 0 Å². The molecule has 0 amide bonds. The first-order valence-electron chi connectivity index (χ1n) is 21.1. The van der Waals surface area contributed by atoms with Gasteiger partial charge in [0.05, 0.1) is 33.5 Å². The molecule has 0 aliphatic heterocycles. The molecule has 290 valence electrons. The lowest BCUT2D eigenvalue weighted by molar-refractivity contribution is 1.17. The van der Waals surface area contributed by atoms with Gasteiger partial charge in [-0.25, -0.2) is 9.97 Å². The van der Waals surface area contributed by atoms with Gasteiger partial charge in [0, 0.05) is 49.6 Å². The van der Waals surface area contributed by atoms with E-state index in [4.69, 9.17) is 9.97 Å². The first kappa shape index (κ1) is 35.6. The van der Waals surface area contributed by atoms with Crippen LogP contribution >= 0.6 is 0 Å². The number of nitrogens with zero attached hydrogens (tertiary/aromatic N) is 4. The minimum Gasteiger partial charge on any atom is -0.309 e. The summed E-state index contributed by atoms with van der Waals surface area (Å²) in [5.74, 6) is 0.711. The predicted octanol–water partition coefficient (Wildman–Crippen LogP) is 15.0. The Labute approximate surface area is 359 Å². The maximum absolute atomic E-state index is 5.08. The molecule has 0 N–H and O–H groups in total. The van der Waals surface area contributed by atoms with Crippen LogP contribution in [0.2, 0.25) is 0 Å². The summed E-state index contributed by atoms with van der Waals surface area (Å²) < 4.78 is 4.77. The topological polar surface area (TPSA) is 35.6 Å². The van der Waals surface area contributed by atoms with Crippen molar-refractivity contribution in [3.8, 4) is 67.5 Å². The normalized spacial score (nSPS) is 11.5. The van der Waals surface area contributed by atoms with Gasteiger partial charge in [-0.1, -0.05) is 164 Å². The molecular formula is C58H38N4. The average molecular weight is 791 g/mol. The molecule has 0 unspecified atom stereocenters. The molecule has 0 aliphatic rings. The first-order valence-corrected chi connectivity index (χ1v) is 21.1. The molecule has 3 aromatic heterocycles. The van der Waals surface area contributed by atoms with E-state index in [2.05, 4.69) is 203 Å². The second-order valence-corrected chi connectivity index (χ2v) is 15.8. The fraction of sp³-hybridized carbons (Fsp3) is 0. The molecule has 0 bridgehead atoms. The van der Waals surface area contributed by atoms with Gasteiger partial charge in [-0.15, -0.1) is 0 Å². The zero-order valence-corrected chi connectivity index (χ0v) is 33.7. The highest BCUT2D eigenvalue weighted by Gasteiger charge is 2.17. The highest BCUT2D eigenvalue weighted by Crippen LogP contribution is 2.39. The zero-order chi connectivity index (χ0) is 41.0. The second kappa shape index (κ2) is 14.7. The highest BCUT2D eigenvalue weighted by molar-refractivity contribution is 6.12. The van der Waals surface area contributed by atoms with E-state index in [0.717, 1.165) is 39.5 Å². The summed E-state index contributed by atoms with van der Waals surface area (Å²) in [4.78, 5) is 10.1. The number of hydrogen-bond donors (Lipinski definition) is 0. The number of hydrogen-bond acceptors (Lipinski definition) is 2. The summed E-state index contributed by atoms with van der Waals surface area (Å²) in [5.41, 5.74) is 16.7. The van der Waals surface area contributed by atoms with Gasteiger partial charge in [-0.05, 0) is 89.0 Å². The summed E-state index contributed by atoms with van der Waals surface area (Å²) >= 11 is 0. The molecule has 9 aromatic carbocycles. The Morgan fingerprint density at radius 2 is 0.597 bits per heavy atom. The van der Waals surface area contributed by atoms with Crippen LogP contribution in [0.25, 0.3) is 111 Å². The third-order valence-corrected chi connectivity index (χ3v) is 12.2. The fourth-order valence-corrected chi connectivity index (χ4v) is 9.14. The Kier molecular flexibility index (Phi) is 8.46. The average Bonchev–Trinajstić information content (AvgIpc) is 3.87. The second-order valence-electron chi connectivity index (χ2n) is 15.8. The van der Waals surface area contributed by atoms with Crippen molar-refractivity contribution < 1.29 is 0 Å². The predicted molar refractivity (Wildman–Crippen MR) is 258 cm³/mol. The van der Waals surface area contributed by atoms with E-state index in [9.17, 15) is 0 Å². The summed E-state index contributed by atoms with van der Waals surface area (Å²) in [6.07, 6.45) is 0. The lowest BCUT2D eigenvalue weighted by atomic mass is 10.0. The molecule has 0 radical (unpaired) electrons. The number of para-hydroxylation sites is 2. The van der Waals surface area contributed by atoms with Crippen LogP contribution in [-0.4, -0.2) is 19.1 Å². The monoisotopic (exact) mass is 790 g/mol. The molecule has 0 saturated heterocycles. The van der Waals surface area contributed by atoms with E-state index in [-0.39, 0.29) is 0 Å². The SMILES string of the molecule is c1ccc(-c2ccc(-n3c4ccccc4c4cc(-c5ccc6c(c5)c5ccccc5n6-c5ccc(-c6cc(-c7ccccc7)nc(-c7ccccc7)n6)cc5)ccc43)cc2)cc1. The first-order chi connectivity index (χ1) is 30.7. The molecule has 0 fully saturated rings. The largest absolute Gasteiger partial charge is 0.309 e. The summed E-state index contributed by atoms with van der Waals surface area (Å²) in [7, 11) is 0. The maximum atomic E-state index is 5.08. The maximum Gasteiger partial charge on any atom is 0.160 e. The summed E-state index contributed by atoms with van der Waals surface area (Å²) in [6.45, 7) is 0. The molecule has 0 atom stereocenters. The van der Waals surface area contributed by atoms with Crippen LogP contribution in [-0.2, 0) is 0 Å². The third-order valence-electron chi connectivity index (χ3n) is 12.2. The Bertz CT molecular complexity index is 3530. The van der Waals surface area contributed by atoms with Crippen LogP contribution in [0.15, 0.2) is 231 Å². The van der Waals surface area contributed by atoms with Crippen LogP contribution in [0.1, 0.15) is 0 Å². The minimum atomic E-state index is 0.711. The van der Waals surface area contributed by atoms with Crippen molar-refractivity contribution in [1.82, 2.24) is 19.1 Å². The van der Waals surface area contributed by atoms with Gasteiger partial charge < -0.3 is 9.13 Å². The van der Waals surface area contributed by atoms with Crippen molar-refractivity contribution in [3.63, 3.8) is 0 Å². The molecule has 3 heterocycles. The lowest BCUT2D eigenvalue weighted by Crippen LogP contribution is -1.97. The quantitative estimate of drug-likeness (QED) is 0.161. The van der Waals surface area contributed by atoms with Gasteiger partial charge in [-0.2, -0.15) is 0 Å². The van der Waals surface area contributed by atoms with E-state index >= 15 is 0 Å². The van der Waals surface area contributed by atoms with Crippen LogP contribution in [0, 0.1) is 0 Å². The molecule has 4 nitrogen and oxygen atoms in total. The van der Waals surface area contributed by atoms with Crippen molar-refractivity contribution in [1.29, 1.82) is 0 Å². The standard InChI is InChI=1S/C58H38N4/c1-4-14-39(15-5-1)40-24-30-46(31-25-40)61-54-22-12-10-20-48(54)50-36-44(28-34-56(50)61)45-29-35-57-51(37-45)49-21-11-13-23-55(49)62(57)47-32-26-42(27-33-47)53-38-52(41-16-6-2-7-17-41)59-58(60-53)43-18-8-3-9-19-43/h1-38H. The van der Waals surface area contributed by atoms with Crippen molar-refractivity contribution in [2.24, 2.45) is 0 Å². The summed E-state index contributed by atoms with van der Waals surface area (Å²) in [5, 5.41) is 4.93. The third kappa shape index (κ3) is 6.08. The van der Waals surface area contributed by atoms with Crippen LogP contribution < -0.4 is 0 Å². The molecule has 12 rings (SSSR count). The smallest absolute Gasteiger partial charge is 0.160 e. The van der Waals surface area contributed by atoms with Crippen LogP contribution in [0.5, 0.6) is 0 Å². The van der Waals surface area contributed by atoms with E-state index < -0.39 is 0 Å². The van der Waals surface area contributed by atoms with Crippen molar-refractivity contribution in [3.05, 3.63) is 231 Å². The number of rotatable bonds is 7. The molecule has 0 spiro atoms. The van der Waals surface area contributed by atoms with Gasteiger partial charge in [0.25, 0.3) is 0 Å². The van der Waals surface area contributed by atoms with Gasteiger partial charge in [-0.3, -0.25) is 0 Å². The minimum absolute atomic E-state index is 0.711. The van der Waals surface area contributed by atoms with Gasteiger partial charge in [0.2, 0.25) is 0 Å². The van der Waals surface area contributed by atoms with Crippen LogP contribution in [0.3, 0.4) is 0 Å². The van der Waals surface area contributed by atoms with Crippen molar-refractivity contribution >= 4 is 43.6 Å². The Balaban J connectivity index is 0.928. The number of fused-ring (bicyclic) bond motifs is 6. The number of benzene rings is 9. The number of aromatic nitrogens is 4. The Hall–Kier alpha value is -8.34. The Morgan fingerprint density at radius 1 is 0.242 bits per heavy atom. The molecular weight excluding hydrogens is 753 g/mol. The molecule has 62 heavy (non-hydrogen) atoms. The lowest BCUT2D eigenvalue weighted by Gasteiger charge is -2.12. The molecule has 4 heteroatoms.